The standard InChI is InChI=1S/C30H32ClN5O3/c31-22-9-11-24(12-10-22)33-30(39)34-25-15-20(29(38)32-23-4-1-2-5-23)8-13-27(25)35-16-19-14-21(18-35)26-6-3-7-28(37)36(26)17-19/h3,6-13,15,19,21,23H,1-2,4-5,14,16-18H2,(H,32,38)(H2,33,34,39). The molecular formula is C30H32ClN5O3. The predicted molar refractivity (Wildman–Crippen MR) is 154 cm³/mol. The fraction of sp³-hybridized carbons (Fsp3) is 0.367. The van der Waals surface area contributed by atoms with Gasteiger partial charge in [0.2, 0.25) is 0 Å². The van der Waals surface area contributed by atoms with Gasteiger partial charge in [-0.25, -0.2) is 4.79 Å². The van der Waals surface area contributed by atoms with E-state index < -0.39 is 6.03 Å². The number of piperidine rings is 1. The zero-order chi connectivity index (χ0) is 26.9. The van der Waals surface area contributed by atoms with Gasteiger partial charge in [0.05, 0.1) is 11.4 Å². The number of carbonyl (C=O) groups excluding carboxylic acids is 2. The highest BCUT2D eigenvalue weighted by molar-refractivity contribution is 6.30. The Morgan fingerprint density at radius 1 is 0.897 bits per heavy atom. The van der Waals surface area contributed by atoms with Gasteiger partial charge >= 0.3 is 6.03 Å². The van der Waals surface area contributed by atoms with Crippen LogP contribution in [0.15, 0.2) is 65.5 Å². The van der Waals surface area contributed by atoms with E-state index in [9.17, 15) is 14.4 Å². The summed E-state index contributed by atoms with van der Waals surface area (Å²) in [4.78, 5) is 40.9. The largest absolute Gasteiger partial charge is 0.369 e. The molecule has 2 unspecified atom stereocenters. The summed E-state index contributed by atoms with van der Waals surface area (Å²) < 4.78 is 1.91. The fourth-order valence-corrected chi connectivity index (χ4v) is 6.43. The molecule has 3 N–H and O–H groups in total. The van der Waals surface area contributed by atoms with Crippen LogP contribution in [0.5, 0.6) is 0 Å². The van der Waals surface area contributed by atoms with Crippen LogP contribution in [0, 0.1) is 5.92 Å². The summed E-state index contributed by atoms with van der Waals surface area (Å²) in [6.45, 7) is 2.17. The van der Waals surface area contributed by atoms with Gasteiger partial charge in [0.1, 0.15) is 0 Å². The molecule has 3 aromatic rings. The number of benzene rings is 2. The number of pyridine rings is 1. The van der Waals surface area contributed by atoms with E-state index in [4.69, 9.17) is 11.6 Å². The van der Waals surface area contributed by atoms with Crippen LogP contribution in [0.3, 0.4) is 0 Å². The van der Waals surface area contributed by atoms with Crippen molar-refractivity contribution in [1.82, 2.24) is 9.88 Å². The molecule has 2 atom stereocenters. The minimum absolute atomic E-state index is 0.0505. The lowest BCUT2D eigenvalue weighted by atomic mass is 9.83. The van der Waals surface area contributed by atoms with Gasteiger partial charge in [-0.05, 0) is 73.7 Å². The fourth-order valence-electron chi connectivity index (χ4n) is 6.30. The third kappa shape index (κ3) is 5.52. The Hall–Kier alpha value is -3.78. The van der Waals surface area contributed by atoms with Crippen molar-refractivity contribution in [2.24, 2.45) is 5.92 Å². The number of urea groups is 1. The van der Waals surface area contributed by atoms with Crippen molar-refractivity contribution in [3.8, 4) is 0 Å². The molecule has 9 heteroatoms. The lowest BCUT2D eigenvalue weighted by Gasteiger charge is -2.44. The minimum Gasteiger partial charge on any atom is -0.369 e. The molecule has 1 aliphatic carbocycles. The monoisotopic (exact) mass is 545 g/mol. The van der Waals surface area contributed by atoms with Crippen LogP contribution in [-0.4, -0.2) is 35.6 Å². The average Bonchev–Trinajstić information content (AvgIpc) is 3.43. The summed E-state index contributed by atoms with van der Waals surface area (Å²) in [5.74, 6) is 0.406. The zero-order valence-corrected chi connectivity index (χ0v) is 22.4. The Kier molecular flexibility index (Phi) is 7.04. The van der Waals surface area contributed by atoms with Crippen molar-refractivity contribution in [2.75, 3.05) is 28.6 Å². The number of fused-ring (bicyclic) bond motifs is 4. The Morgan fingerprint density at radius 2 is 1.69 bits per heavy atom. The summed E-state index contributed by atoms with van der Waals surface area (Å²) in [5, 5.41) is 9.57. The van der Waals surface area contributed by atoms with Crippen molar-refractivity contribution in [1.29, 1.82) is 0 Å². The molecule has 39 heavy (non-hydrogen) atoms. The van der Waals surface area contributed by atoms with Gasteiger partial charge in [-0.2, -0.15) is 0 Å². The number of aromatic nitrogens is 1. The highest BCUT2D eigenvalue weighted by Gasteiger charge is 2.35. The van der Waals surface area contributed by atoms with Crippen LogP contribution < -0.4 is 26.4 Å². The molecule has 0 radical (unpaired) electrons. The van der Waals surface area contributed by atoms with Crippen molar-refractivity contribution in [3.05, 3.63) is 87.3 Å². The maximum absolute atomic E-state index is 13.1. The lowest BCUT2D eigenvalue weighted by Crippen LogP contribution is -2.47. The molecular weight excluding hydrogens is 514 g/mol. The van der Waals surface area contributed by atoms with Crippen LogP contribution >= 0.6 is 11.6 Å². The Morgan fingerprint density at radius 3 is 2.49 bits per heavy atom. The molecule has 1 saturated carbocycles. The van der Waals surface area contributed by atoms with Gasteiger partial charge in [0.15, 0.2) is 0 Å². The molecule has 6 rings (SSSR count). The molecule has 3 heterocycles. The van der Waals surface area contributed by atoms with Crippen LogP contribution in [0.2, 0.25) is 5.02 Å². The first-order valence-corrected chi connectivity index (χ1v) is 14.0. The van der Waals surface area contributed by atoms with Crippen molar-refractivity contribution >= 4 is 40.6 Å². The quantitative estimate of drug-likeness (QED) is 0.398. The van der Waals surface area contributed by atoms with Gasteiger partial charge in [-0.3, -0.25) is 9.59 Å². The zero-order valence-electron chi connectivity index (χ0n) is 21.7. The van der Waals surface area contributed by atoms with E-state index >= 15 is 0 Å². The van der Waals surface area contributed by atoms with E-state index in [2.05, 4.69) is 20.9 Å². The number of halogens is 1. The highest BCUT2D eigenvalue weighted by Crippen LogP contribution is 2.39. The van der Waals surface area contributed by atoms with Gasteiger partial charge in [-0.1, -0.05) is 30.5 Å². The summed E-state index contributed by atoms with van der Waals surface area (Å²) in [6, 6.07) is 17.7. The van der Waals surface area contributed by atoms with E-state index in [1.807, 2.05) is 28.8 Å². The van der Waals surface area contributed by atoms with Crippen LogP contribution in [0.4, 0.5) is 21.9 Å². The second-order valence-electron chi connectivity index (χ2n) is 10.9. The molecule has 1 aromatic heterocycles. The number of hydrogen-bond donors (Lipinski definition) is 3. The van der Waals surface area contributed by atoms with E-state index in [-0.39, 0.29) is 23.4 Å². The summed E-state index contributed by atoms with van der Waals surface area (Å²) >= 11 is 5.98. The molecule has 2 aromatic carbocycles. The highest BCUT2D eigenvalue weighted by atomic mass is 35.5. The number of amides is 3. The Bertz CT molecular complexity index is 1450. The number of nitrogens with zero attached hydrogens (tertiary/aromatic N) is 2. The topological polar surface area (TPSA) is 95.5 Å². The molecule has 8 nitrogen and oxygen atoms in total. The number of nitrogens with one attached hydrogen (secondary N) is 3. The number of anilines is 3. The lowest BCUT2D eigenvalue weighted by molar-refractivity contribution is 0.0938. The normalized spacial score (nSPS) is 20.3. The number of rotatable bonds is 5. The number of carbonyl (C=O) groups is 2. The minimum atomic E-state index is -0.402. The summed E-state index contributed by atoms with van der Waals surface area (Å²) in [7, 11) is 0. The van der Waals surface area contributed by atoms with Crippen molar-refractivity contribution < 1.29 is 9.59 Å². The first kappa shape index (κ1) is 25.5. The van der Waals surface area contributed by atoms with E-state index in [1.165, 1.54) is 0 Å². The molecule has 0 spiro atoms. The summed E-state index contributed by atoms with van der Waals surface area (Å²) in [5.41, 5.74) is 3.68. The SMILES string of the molecule is O=C(Nc1ccc(Cl)cc1)Nc1cc(C(=O)NC2CCCC2)ccc1N1CC2CC(C1)c1cccc(=O)n1C2. The van der Waals surface area contributed by atoms with Gasteiger partial charge in [0, 0.05) is 59.6 Å². The predicted octanol–water partition coefficient (Wildman–Crippen LogP) is 5.44. The number of hydrogen-bond acceptors (Lipinski definition) is 4. The van der Waals surface area contributed by atoms with E-state index in [0.717, 1.165) is 56.6 Å². The van der Waals surface area contributed by atoms with Crippen molar-refractivity contribution in [3.63, 3.8) is 0 Å². The molecule has 2 fully saturated rings. The molecule has 1 saturated heterocycles. The molecule has 2 aliphatic heterocycles. The second-order valence-corrected chi connectivity index (χ2v) is 11.3. The first-order chi connectivity index (χ1) is 18.9. The third-order valence-electron chi connectivity index (χ3n) is 8.12. The van der Waals surface area contributed by atoms with Crippen LogP contribution in [0.25, 0.3) is 0 Å². The molecule has 202 valence electrons. The molecule has 3 aliphatic rings. The third-order valence-corrected chi connectivity index (χ3v) is 8.37. The molecule has 3 amide bonds. The molecule has 2 bridgehead atoms. The maximum Gasteiger partial charge on any atom is 0.323 e. The van der Waals surface area contributed by atoms with E-state index in [0.29, 0.717) is 34.4 Å². The Labute approximate surface area is 232 Å². The van der Waals surface area contributed by atoms with Gasteiger partial charge in [0.25, 0.3) is 11.5 Å². The first-order valence-electron chi connectivity index (χ1n) is 13.7. The Balaban J connectivity index is 1.28. The van der Waals surface area contributed by atoms with Gasteiger partial charge < -0.3 is 25.4 Å². The van der Waals surface area contributed by atoms with Crippen molar-refractivity contribution in [2.45, 2.75) is 50.6 Å². The average molecular weight is 546 g/mol. The van der Waals surface area contributed by atoms with Crippen LogP contribution in [-0.2, 0) is 6.54 Å². The summed E-state index contributed by atoms with van der Waals surface area (Å²) in [6.07, 6.45) is 5.29. The van der Waals surface area contributed by atoms with Crippen LogP contribution in [0.1, 0.15) is 54.1 Å². The maximum atomic E-state index is 13.1. The second kappa shape index (κ2) is 10.8. The van der Waals surface area contributed by atoms with Gasteiger partial charge in [-0.15, -0.1) is 0 Å². The van der Waals surface area contributed by atoms with E-state index in [1.54, 1.807) is 36.4 Å². The smallest absolute Gasteiger partial charge is 0.323 e.